The molecule has 2 aliphatic heterocycles. The maximum Gasteiger partial charge on any atom is 0.317 e. The van der Waals surface area contributed by atoms with Gasteiger partial charge in [-0.05, 0) is 19.3 Å². The summed E-state index contributed by atoms with van der Waals surface area (Å²) in [6, 6.07) is 2.23. The van der Waals surface area contributed by atoms with Gasteiger partial charge < -0.3 is 15.1 Å². The Morgan fingerprint density at radius 1 is 1.44 bits per heavy atom. The van der Waals surface area contributed by atoms with Crippen LogP contribution in [0.25, 0.3) is 0 Å². The molecular weight excluding hydrogens is 232 g/mol. The molecule has 3 aliphatic rings. The Morgan fingerprint density at radius 3 is 2.83 bits per heavy atom. The highest BCUT2D eigenvalue weighted by molar-refractivity contribution is 5.87. The van der Waals surface area contributed by atoms with Crippen LogP contribution in [-0.4, -0.2) is 54.0 Å². The molecule has 1 saturated carbocycles. The Hall–Kier alpha value is -1.77. The zero-order valence-electron chi connectivity index (χ0n) is 10.2. The quantitative estimate of drug-likeness (QED) is 0.705. The SMILES string of the molecule is N#CC1(C(=O)N2CCN3C(=O)NCC3C2)CCC1. The monoisotopic (exact) mass is 248 g/mol. The molecule has 0 spiro atoms. The maximum atomic E-state index is 12.4. The molecule has 96 valence electrons. The molecule has 0 bridgehead atoms. The third kappa shape index (κ3) is 1.47. The third-order valence-electron chi connectivity index (χ3n) is 4.35. The van der Waals surface area contributed by atoms with E-state index < -0.39 is 5.41 Å². The highest BCUT2D eigenvalue weighted by atomic mass is 16.2. The molecule has 1 N–H and O–H groups in total. The molecule has 0 aromatic carbocycles. The van der Waals surface area contributed by atoms with E-state index in [9.17, 15) is 14.9 Å². The number of hydrogen-bond acceptors (Lipinski definition) is 3. The molecule has 1 atom stereocenters. The van der Waals surface area contributed by atoms with E-state index in [0.29, 0.717) is 39.0 Å². The van der Waals surface area contributed by atoms with Gasteiger partial charge in [0.15, 0.2) is 0 Å². The first-order chi connectivity index (χ1) is 8.66. The molecule has 0 aromatic rings. The molecule has 3 fully saturated rings. The van der Waals surface area contributed by atoms with Crippen LogP contribution in [0.5, 0.6) is 0 Å². The zero-order valence-corrected chi connectivity index (χ0v) is 10.2. The first-order valence-electron chi connectivity index (χ1n) is 6.41. The summed E-state index contributed by atoms with van der Waals surface area (Å²) in [6.07, 6.45) is 2.33. The number of carbonyl (C=O) groups is 2. The predicted octanol–water partition coefficient (Wildman–Crippen LogP) is -0.0837. The Morgan fingerprint density at radius 2 is 2.22 bits per heavy atom. The van der Waals surface area contributed by atoms with Crippen molar-refractivity contribution in [1.82, 2.24) is 15.1 Å². The molecule has 6 heteroatoms. The smallest absolute Gasteiger partial charge is 0.317 e. The van der Waals surface area contributed by atoms with Crippen molar-refractivity contribution >= 4 is 11.9 Å². The van der Waals surface area contributed by atoms with Crippen molar-refractivity contribution in [3.05, 3.63) is 0 Å². The zero-order chi connectivity index (χ0) is 12.8. The normalized spacial score (nSPS) is 29.1. The van der Waals surface area contributed by atoms with Crippen molar-refractivity contribution in [3.63, 3.8) is 0 Å². The standard InChI is InChI=1S/C12H16N4O2/c13-8-12(2-1-3-12)10(17)15-4-5-16-9(7-15)6-14-11(16)18/h9H,1-7H2,(H,14,18). The summed E-state index contributed by atoms with van der Waals surface area (Å²) < 4.78 is 0. The summed E-state index contributed by atoms with van der Waals surface area (Å²) >= 11 is 0. The van der Waals surface area contributed by atoms with Gasteiger partial charge in [0.05, 0.1) is 12.1 Å². The number of rotatable bonds is 1. The minimum absolute atomic E-state index is 0.0322. The summed E-state index contributed by atoms with van der Waals surface area (Å²) in [6.45, 7) is 2.28. The summed E-state index contributed by atoms with van der Waals surface area (Å²) in [7, 11) is 0. The fourth-order valence-electron chi connectivity index (χ4n) is 2.99. The Bertz CT molecular complexity index is 438. The Kier molecular flexibility index (Phi) is 2.44. The van der Waals surface area contributed by atoms with Crippen LogP contribution in [-0.2, 0) is 4.79 Å². The average Bonchev–Trinajstić information content (AvgIpc) is 2.70. The van der Waals surface area contributed by atoms with Crippen LogP contribution in [0, 0.1) is 16.7 Å². The number of urea groups is 1. The first kappa shape index (κ1) is 11.3. The number of nitrogens with one attached hydrogen (secondary N) is 1. The van der Waals surface area contributed by atoms with E-state index in [1.165, 1.54) is 0 Å². The van der Waals surface area contributed by atoms with Gasteiger partial charge >= 0.3 is 6.03 Å². The lowest BCUT2D eigenvalue weighted by molar-refractivity contribution is -0.145. The van der Waals surface area contributed by atoms with Crippen LogP contribution in [0.2, 0.25) is 0 Å². The molecule has 3 amide bonds. The van der Waals surface area contributed by atoms with E-state index >= 15 is 0 Å². The van der Waals surface area contributed by atoms with Gasteiger partial charge in [0.2, 0.25) is 5.91 Å². The number of carbonyl (C=O) groups excluding carboxylic acids is 2. The molecule has 6 nitrogen and oxygen atoms in total. The van der Waals surface area contributed by atoms with E-state index in [1.807, 2.05) is 0 Å². The summed E-state index contributed by atoms with van der Waals surface area (Å²) in [5, 5.41) is 12.0. The van der Waals surface area contributed by atoms with Crippen LogP contribution in [0.3, 0.4) is 0 Å². The van der Waals surface area contributed by atoms with E-state index in [1.54, 1.807) is 9.80 Å². The van der Waals surface area contributed by atoms with Crippen molar-refractivity contribution in [2.24, 2.45) is 5.41 Å². The van der Waals surface area contributed by atoms with Crippen molar-refractivity contribution < 1.29 is 9.59 Å². The average molecular weight is 248 g/mol. The number of hydrogen-bond donors (Lipinski definition) is 1. The van der Waals surface area contributed by atoms with Gasteiger partial charge in [-0.15, -0.1) is 0 Å². The van der Waals surface area contributed by atoms with Gasteiger partial charge in [-0.25, -0.2) is 4.79 Å². The number of piperazine rings is 1. The van der Waals surface area contributed by atoms with Gasteiger partial charge in [-0.3, -0.25) is 4.79 Å². The van der Waals surface area contributed by atoms with E-state index in [4.69, 9.17) is 0 Å². The molecular formula is C12H16N4O2. The summed E-state index contributed by atoms with van der Waals surface area (Å²) in [4.78, 5) is 27.4. The van der Waals surface area contributed by atoms with Gasteiger partial charge in [-0.2, -0.15) is 5.26 Å². The van der Waals surface area contributed by atoms with Gasteiger partial charge in [0.25, 0.3) is 0 Å². The van der Waals surface area contributed by atoms with Crippen LogP contribution in [0.4, 0.5) is 4.79 Å². The van der Waals surface area contributed by atoms with Gasteiger partial charge in [0, 0.05) is 26.2 Å². The highest BCUT2D eigenvalue weighted by Gasteiger charge is 2.48. The lowest BCUT2D eigenvalue weighted by Gasteiger charge is -2.42. The minimum atomic E-state index is -0.766. The van der Waals surface area contributed by atoms with E-state index in [0.717, 1.165) is 6.42 Å². The Balaban J connectivity index is 1.70. The molecule has 3 rings (SSSR count). The van der Waals surface area contributed by atoms with Crippen LogP contribution < -0.4 is 5.32 Å². The van der Waals surface area contributed by atoms with Crippen LogP contribution >= 0.6 is 0 Å². The van der Waals surface area contributed by atoms with Crippen LogP contribution in [0.1, 0.15) is 19.3 Å². The van der Waals surface area contributed by atoms with E-state index in [-0.39, 0.29) is 18.0 Å². The van der Waals surface area contributed by atoms with Crippen molar-refractivity contribution in [2.45, 2.75) is 25.3 Å². The highest BCUT2D eigenvalue weighted by Crippen LogP contribution is 2.42. The molecule has 1 aliphatic carbocycles. The third-order valence-corrected chi connectivity index (χ3v) is 4.35. The fraction of sp³-hybridized carbons (Fsp3) is 0.750. The topological polar surface area (TPSA) is 76.4 Å². The number of amides is 3. The minimum Gasteiger partial charge on any atom is -0.337 e. The van der Waals surface area contributed by atoms with Crippen molar-refractivity contribution in [1.29, 1.82) is 5.26 Å². The van der Waals surface area contributed by atoms with E-state index in [2.05, 4.69) is 11.4 Å². The molecule has 18 heavy (non-hydrogen) atoms. The van der Waals surface area contributed by atoms with Gasteiger partial charge in [0.1, 0.15) is 5.41 Å². The number of nitriles is 1. The fourth-order valence-corrected chi connectivity index (χ4v) is 2.99. The van der Waals surface area contributed by atoms with Crippen molar-refractivity contribution in [2.75, 3.05) is 26.2 Å². The second kappa shape index (κ2) is 3.87. The van der Waals surface area contributed by atoms with Crippen LogP contribution in [0.15, 0.2) is 0 Å². The molecule has 2 heterocycles. The summed E-state index contributed by atoms with van der Waals surface area (Å²) in [5.41, 5.74) is -0.766. The molecule has 0 radical (unpaired) electrons. The number of nitrogens with zero attached hydrogens (tertiary/aromatic N) is 3. The summed E-state index contributed by atoms with van der Waals surface area (Å²) in [5.74, 6) is -0.0322. The maximum absolute atomic E-state index is 12.4. The first-order valence-corrected chi connectivity index (χ1v) is 6.41. The largest absolute Gasteiger partial charge is 0.337 e. The molecule has 0 aromatic heterocycles. The predicted molar refractivity (Wildman–Crippen MR) is 62.4 cm³/mol. The van der Waals surface area contributed by atoms with Gasteiger partial charge in [-0.1, -0.05) is 0 Å². The lowest BCUT2D eigenvalue weighted by atomic mass is 9.69. The Labute approximate surface area is 106 Å². The molecule has 2 saturated heterocycles. The molecule has 1 unspecified atom stereocenters. The van der Waals surface area contributed by atoms with Crippen molar-refractivity contribution in [3.8, 4) is 6.07 Å². The second-order valence-corrected chi connectivity index (χ2v) is 5.33. The number of fused-ring (bicyclic) bond motifs is 1. The second-order valence-electron chi connectivity index (χ2n) is 5.33. The lowest BCUT2D eigenvalue weighted by Crippen LogP contribution is -2.57.